The van der Waals surface area contributed by atoms with Gasteiger partial charge in [-0.1, -0.05) is 0 Å². The van der Waals surface area contributed by atoms with E-state index in [-0.39, 0.29) is 23.0 Å². The lowest BCUT2D eigenvalue weighted by atomic mass is 10.3. The average Bonchev–Trinajstić information content (AvgIpc) is 2.81. The van der Waals surface area contributed by atoms with E-state index in [0.717, 1.165) is 16.2 Å². The molecule has 3 N–H and O–H groups in total. The quantitative estimate of drug-likeness (QED) is 0.497. The summed E-state index contributed by atoms with van der Waals surface area (Å²) >= 11 is 2.37. The zero-order chi connectivity index (χ0) is 14.3. The van der Waals surface area contributed by atoms with Gasteiger partial charge in [-0.15, -0.1) is 23.1 Å². The highest BCUT2D eigenvalue weighted by Crippen LogP contribution is 2.24. The highest BCUT2D eigenvalue weighted by Gasteiger charge is 2.08. The minimum absolute atomic E-state index is 0.0277. The van der Waals surface area contributed by atoms with Gasteiger partial charge in [-0.2, -0.15) is 0 Å². The zero-order valence-electron chi connectivity index (χ0n) is 9.92. The number of aliphatic carboxylic acids is 1. The predicted octanol–water partition coefficient (Wildman–Crippen LogP) is 1.52. The molecule has 1 rings (SSSR count). The number of aromatic carboxylic acids is 1. The number of rotatable bonds is 8. The summed E-state index contributed by atoms with van der Waals surface area (Å²) in [5.41, 5.74) is 0. The van der Waals surface area contributed by atoms with Crippen LogP contribution in [0.4, 0.5) is 0 Å². The zero-order valence-corrected chi connectivity index (χ0v) is 11.6. The monoisotopic (exact) mass is 303 g/mol. The summed E-state index contributed by atoms with van der Waals surface area (Å²) in [6.45, 7) is 0.329. The Balaban J connectivity index is 2.22. The molecule has 1 heterocycles. The predicted molar refractivity (Wildman–Crippen MR) is 71.9 cm³/mol. The van der Waals surface area contributed by atoms with Gasteiger partial charge in [0, 0.05) is 23.2 Å². The molecule has 0 radical (unpaired) electrons. The maximum absolute atomic E-state index is 11.4. The Labute approximate surface area is 117 Å². The first-order valence-electron chi connectivity index (χ1n) is 5.42. The molecule has 0 aliphatic rings. The van der Waals surface area contributed by atoms with Crippen molar-refractivity contribution in [2.45, 2.75) is 17.7 Å². The van der Waals surface area contributed by atoms with Crippen molar-refractivity contribution in [1.29, 1.82) is 0 Å². The number of thiophene rings is 1. The van der Waals surface area contributed by atoms with Gasteiger partial charge >= 0.3 is 11.9 Å². The summed E-state index contributed by atoms with van der Waals surface area (Å²) in [5, 5.41) is 21.4. The minimum Gasteiger partial charge on any atom is -0.481 e. The van der Waals surface area contributed by atoms with E-state index in [1.807, 2.05) is 0 Å². The second kappa shape index (κ2) is 7.80. The number of carbonyl (C=O) groups is 3. The Morgan fingerprint density at radius 1 is 1.32 bits per heavy atom. The molecule has 0 unspecified atom stereocenters. The Morgan fingerprint density at radius 2 is 2.05 bits per heavy atom. The highest BCUT2D eigenvalue weighted by atomic mass is 32.2. The SMILES string of the molecule is O=C(O)CCCNC(=O)CSc1csc(C(=O)O)c1. The highest BCUT2D eigenvalue weighted by molar-refractivity contribution is 8.00. The molecule has 0 bridgehead atoms. The van der Waals surface area contributed by atoms with E-state index in [1.54, 1.807) is 5.38 Å². The van der Waals surface area contributed by atoms with Gasteiger partial charge in [-0.05, 0) is 12.5 Å². The topological polar surface area (TPSA) is 104 Å². The third kappa shape index (κ3) is 6.25. The Bertz CT molecular complexity index is 471. The Hall–Kier alpha value is -1.54. The summed E-state index contributed by atoms with van der Waals surface area (Å²) < 4.78 is 0. The van der Waals surface area contributed by atoms with Gasteiger partial charge in [-0.25, -0.2) is 4.79 Å². The summed E-state index contributed by atoms with van der Waals surface area (Å²) in [6, 6.07) is 1.52. The molecule has 1 aromatic heterocycles. The van der Waals surface area contributed by atoms with Crippen LogP contribution in [0.5, 0.6) is 0 Å². The molecule has 0 aliphatic carbocycles. The van der Waals surface area contributed by atoms with Gasteiger partial charge in [0.05, 0.1) is 5.75 Å². The maximum Gasteiger partial charge on any atom is 0.345 e. The number of carbonyl (C=O) groups excluding carboxylic acids is 1. The summed E-state index contributed by atoms with van der Waals surface area (Å²) in [4.78, 5) is 33.3. The van der Waals surface area contributed by atoms with E-state index in [9.17, 15) is 14.4 Å². The molecule has 0 aliphatic heterocycles. The van der Waals surface area contributed by atoms with E-state index >= 15 is 0 Å². The van der Waals surface area contributed by atoms with Crippen molar-refractivity contribution in [2.75, 3.05) is 12.3 Å². The second-order valence-electron chi connectivity index (χ2n) is 3.59. The smallest absolute Gasteiger partial charge is 0.345 e. The van der Waals surface area contributed by atoms with Crippen LogP contribution in [0, 0.1) is 0 Å². The summed E-state index contributed by atoms with van der Waals surface area (Å²) in [5.74, 6) is -1.88. The molecule has 1 amide bonds. The van der Waals surface area contributed by atoms with Crippen molar-refractivity contribution < 1.29 is 24.6 Å². The van der Waals surface area contributed by atoms with Crippen molar-refractivity contribution in [2.24, 2.45) is 0 Å². The molecule has 0 aromatic carbocycles. The van der Waals surface area contributed by atoms with Crippen LogP contribution < -0.4 is 5.32 Å². The fourth-order valence-corrected chi connectivity index (χ4v) is 2.87. The van der Waals surface area contributed by atoms with Crippen LogP contribution in [-0.2, 0) is 9.59 Å². The van der Waals surface area contributed by atoms with E-state index in [1.165, 1.54) is 17.8 Å². The average molecular weight is 303 g/mol. The first-order chi connectivity index (χ1) is 8.99. The number of hydrogen-bond acceptors (Lipinski definition) is 5. The lowest BCUT2D eigenvalue weighted by Gasteiger charge is -2.02. The third-order valence-electron chi connectivity index (χ3n) is 2.05. The van der Waals surface area contributed by atoms with E-state index in [0.29, 0.717) is 13.0 Å². The van der Waals surface area contributed by atoms with E-state index < -0.39 is 11.9 Å². The van der Waals surface area contributed by atoms with Crippen LogP contribution >= 0.6 is 23.1 Å². The number of hydrogen-bond donors (Lipinski definition) is 3. The van der Waals surface area contributed by atoms with Crippen molar-refractivity contribution >= 4 is 40.9 Å². The van der Waals surface area contributed by atoms with Gasteiger partial charge in [-0.3, -0.25) is 9.59 Å². The Kier molecular flexibility index (Phi) is 6.37. The van der Waals surface area contributed by atoms with Crippen LogP contribution in [0.1, 0.15) is 22.5 Å². The largest absolute Gasteiger partial charge is 0.481 e. The molecule has 0 atom stereocenters. The number of carboxylic acid groups (broad SMARTS) is 2. The molecule has 6 nitrogen and oxygen atoms in total. The summed E-state index contributed by atoms with van der Waals surface area (Å²) in [6.07, 6.45) is 0.424. The van der Waals surface area contributed by atoms with E-state index in [4.69, 9.17) is 10.2 Å². The third-order valence-corrected chi connectivity index (χ3v) is 4.09. The second-order valence-corrected chi connectivity index (χ2v) is 5.55. The normalized spacial score (nSPS) is 10.1. The van der Waals surface area contributed by atoms with Crippen molar-refractivity contribution in [3.05, 3.63) is 16.3 Å². The molecule has 8 heteroatoms. The van der Waals surface area contributed by atoms with Crippen molar-refractivity contribution in [3.8, 4) is 0 Å². The lowest BCUT2D eigenvalue weighted by molar-refractivity contribution is -0.137. The fraction of sp³-hybridized carbons (Fsp3) is 0.364. The molecular formula is C11H13NO5S2. The molecule has 19 heavy (non-hydrogen) atoms. The van der Waals surface area contributed by atoms with Crippen molar-refractivity contribution in [3.63, 3.8) is 0 Å². The number of thioether (sulfide) groups is 1. The van der Waals surface area contributed by atoms with Crippen LogP contribution in [0.2, 0.25) is 0 Å². The fourth-order valence-electron chi connectivity index (χ4n) is 1.17. The van der Waals surface area contributed by atoms with E-state index in [2.05, 4.69) is 5.32 Å². The van der Waals surface area contributed by atoms with Gasteiger partial charge in [0.25, 0.3) is 0 Å². The molecular weight excluding hydrogens is 290 g/mol. The first-order valence-corrected chi connectivity index (χ1v) is 7.28. The first kappa shape index (κ1) is 15.5. The number of amides is 1. The standard InChI is InChI=1S/C11H13NO5S2/c13-9(12-3-1-2-10(14)15)6-18-7-4-8(11(16)17)19-5-7/h4-5H,1-3,6H2,(H,12,13)(H,14,15)(H,16,17). The van der Waals surface area contributed by atoms with Gasteiger partial charge < -0.3 is 15.5 Å². The molecule has 1 aromatic rings. The van der Waals surface area contributed by atoms with Crippen molar-refractivity contribution in [1.82, 2.24) is 5.32 Å². The molecule has 0 saturated heterocycles. The lowest BCUT2D eigenvalue weighted by Crippen LogP contribution is -2.26. The number of carboxylic acids is 2. The molecule has 104 valence electrons. The Morgan fingerprint density at radius 3 is 2.63 bits per heavy atom. The van der Waals surface area contributed by atoms with Crippen LogP contribution in [0.15, 0.2) is 16.3 Å². The van der Waals surface area contributed by atoms with Gasteiger partial charge in [0.2, 0.25) is 5.91 Å². The van der Waals surface area contributed by atoms with Gasteiger partial charge in [0.1, 0.15) is 4.88 Å². The summed E-state index contributed by atoms with van der Waals surface area (Å²) in [7, 11) is 0. The minimum atomic E-state index is -0.977. The number of nitrogens with one attached hydrogen (secondary N) is 1. The van der Waals surface area contributed by atoms with Gasteiger partial charge in [0.15, 0.2) is 0 Å². The maximum atomic E-state index is 11.4. The molecule has 0 saturated carbocycles. The van der Waals surface area contributed by atoms with Crippen LogP contribution in [0.3, 0.4) is 0 Å². The van der Waals surface area contributed by atoms with Crippen LogP contribution in [-0.4, -0.2) is 40.4 Å². The molecule has 0 spiro atoms. The van der Waals surface area contributed by atoms with Crippen LogP contribution in [0.25, 0.3) is 0 Å². The molecule has 0 fully saturated rings.